The molecule has 4 heteroatoms. The third-order valence-corrected chi connectivity index (χ3v) is 3.43. The predicted octanol–water partition coefficient (Wildman–Crippen LogP) is 1.32. The number of fused-ring (bicyclic) bond motifs is 1. The van der Waals surface area contributed by atoms with E-state index in [1.165, 1.54) is 6.42 Å². The van der Waals surface area contributed by atoms with E-state index < -0.39 is 5.97 Å². The first kappa shape index (κ1) is 10.9. The van der Waals surface area contributed by atoms with E-state index in [9.17, 15) is 4.79 Å². The zero-order chi connectivity index (χ0) is 11.2. The van der Waals surface area contributed by atoms with E-state index in [2.05, 4.69) is 30.8 Å². The maximum atomic E-state index is 11.0. The van der Waals surface area contributed by atoms with Crippen molar-refractivity contribution in [3.63, 3.8) is 0 Å². The fourth-order valence-corrected chi connectivity index (χ4v) is 2.69. The predicted molar refractivity (Wildman–Crippen MR) is 57.4 cm³/mol. The SMILES string of the molecule is CC(C)(C)N1CCCC2CC(C(=O)O)N21. The van der Waals surface area contributed by atoms with Crippen molar-refractivity contribution in [1.82, 2.24) is 10.0 Å². The summed E-state index contributed by atoms with van der Waals surface area (Å²) < 4.78 is 0. The molecule has 2 rings (SSSR count). The minimum absolute atomic E-state index is 0.0345. The van der Waals surface area contributed by atoms with Crippen molar-refractivity contribution in [3.05, 3.63) is 0 Å². The number of carbonyl (C=O) groups is 1. The molecule has 0 radical (unpaired) electrons. The van der Waals surface area contributed by atoms with Crippen LogP contribution in [-0.2, 0) is 4.79 Å². The molecule has 2 saturated heterocycles. The van der Waals surface area contributed by atoms with Crippen LogP contribution in [0.15, 0.2) is 0 Å². The van der Waals surface area contributed by atoms with Crippen molar-refractivity contribution in [3.8, 4) is 0 Å². The Bertz CT molecular complexity index is 272. The summed E-state index contributed by atoms with van der Waals surface area (Å²) in [6, 6.07) is 0.189. The van der Waals surface area contributed by atoms with Crippen molar-refractivity contribution in [2.45, 2.75) is 57.7 Å². The van der Waals surface area contributed by atoms with Gasteiger partial charge in [-0.1, -0.05) is 0 Å². The minimum atomic E-state index is -0.678. The summed E-state index contributed by atoms with van der Waals surface area (Å²) in [5.41, 5.74) is 0.0345. The molecule has 2 unspecified atom stereocenters. The summed E-state index contributed by atoms with van der Waals surface area (Å²) in [4.78, 5) is 11.0. The summed E-state index contributed by atoms with van der Waals surface area (Å²) >= 11 is 0. The Kier molecular flexibility index (Phi) is 2.51. The fraction of sp³-hybridized carbons (Fsp3) is 0.909. The highest BCUT2D eigenvalue weighted by Gasteiger charge is 2.50. The highest BCUT2D eigenvalue weighted by atomic mass is 16.4. The van der Waals surface area contributed by atoms with E-state index >= 15 is 0 Å². The van der Waals surface area contributed by atoms with Gasteiger partial charge < -0.3 is 5.11 Å². The largest absolute Gasteiger partial charge is 0.480 e. The molecule has 86 valence electrons. The Morgan fingerprint density at radius 2 is 2.07 bits per heavy atom. The quantitative estimate of drug-likeness (QED) is 0.712. The van der Waals surface area contributed by atoms with Crippen LogP contribution in [0.1, 0.15) is 40.0 Å². The van der Waals surface area contributed by atoms with Gasteiger partial charge in [-0.15, -0.1) is 0 Å². The second-order valence-corrected chi connectivity index (χ2v) is 5.56. The van der Waals surface area contributed by atoms with Crippen LogP contribution in [0.2, 0.25) is 0 Å². The Hall–Kier alpha value is -0.610. The summed E-state index contributed by atoms with van der Waals surface area (Å²) in [6.07, 6.45) is 3.16. The van der Waals surface area contributed by atoms with Crippen LogP contribution in [0, 0.1) is 0 Å². The van der Waals surface area contributed by atoms with Crippen LogP contribution in [-0.4, -0.2) is 45.3 Å². The summed E-state index contributed by atoms with van der Waals surface area (Å²) in [7, 11) is 0. The van der Waals surface area contributed by atoms with E-state index in [1.807, 2.05) is 0 Å². The van der Waals surface area contributed by atoms with Gasteiger partial charge in [-0.2, -0.15) is 0 Å². The number of rotatable bonds is 1. The molecule has 2 aliphatic rings. The Morgan fingerprint density at radius 3 is 2.60 bits per heavy atom. The van der Waals surface area contributed by atoms with Crippen molar-refractivity contribution >= 4 is 5.97 Å². The molecule has 0 saturated carbocycles. The van der Waals surface area contributed by atoms with E-state index in [1.54, 1.807) is 0 Å². The second-order valence-electron chi connectivity index (χ2n) is 5.56. The van der Waals surface area contributed by atoms with Gasteiger partial charge in [0.1, 0.15) is 6.04 Å². The molecule has 0 aromatic carbocycles. The first-order valence-corrected chi connectivity index (χ1v) is 5.70. The Labute approximate surface area is 90.8 Å². The molecule has 4 nitrogen and oxygen atoms in total. The third kappa shape index (κ3) is 1.76. The Balaban J connectivity index is 2.14. The maximum Gasteiger partial charge on any atom is 0.322 e. The first-order chi connectivity index (χ1) is 6.91. The first-order valence-electron chi connectivity index (χ1n) is 5.70. The van der Waals surface area contributed by atoms with Crippen molar-refractivity contribution < 1.29 is 9.90 Å². The molecule has 0 spiro atoms. The van der Waals surface area contributed by atoms with Crippen LogP contribution in [0.3, 0.4) is 0 Å². The molecule has 0 bridgehead atoms. The van der Waals surface area contributed by atoms with Crippen LogP contribution in [0.5, 0.6) is 0 Å². The van der Waals surface area contributed by atoms with Crippen molar-refractivity contribution in [1.29, 1.82) is 0 Å². The molecule has 2 heterocycles. The van der Waals surface area contributed by atoms with Crippen LogP contribution >= 0.6 is 0 Å². The topological polar surface area (TPSA) is 43.8 Å². The van der Waals surface area contributed by atoms with Crippen LogP contribution < -0.4 is 0 Å². The normalized spacial score (nSPS) is 33.3. The fourth-order valence-electron chi connectivity index (χ4n) is 2.69. The number of carboxylic acids is 1. The highest BCUT2D eigenvalue weighted by Crippen LogP contribution is 2.38. The molecule has 2 atom stereocenters. The number of carboxylic acid groups (broad SMARTS) is 1. The smallest absolute Gasteiger partial charge is 0.322 e. The molecule has 0 aromatic heterocycles. The van der Waals surface area contributed by atoms with Crippen molar-refractivity contribution in [2.24, 2.45) is 0 Å². The number of nitrogens with zero attached hydrogens (tertiary/aromatic N) is 2. The van der Waals surface area contributed by atoms with Crippen LogP contribution in [0.4, 0.5) is 0 Å². The lowest BCUT2D eigenvalue weighted by Crippen LogP contribution is -2.71. The molecule has 2 fully saturated rings. The number of hydrogen-bond acceptors (Lipinski definition) is 3. The second kappa shape index (κ2) is 3.46. The molecule has 0 amide bonds. The van der Waals surface area contributed by atoms with Gasteiger partial charge in [0, 0.05) is 18.1 Å². The molecule has 2 aliphatic heterocycles. The van der Waals surface area contributed by atoms with Gasteiger partial charge in [-0.25, -0.2) is 10.0 Å². The molecular weight excluding hydrogens is 192 g/mol. The Morgan fingerprint density at radius 1 is 1.40 bits per heavy atom. The molecule has 15 heavy (non-hydrogen) atoms. The van der Waals surface area contributed by atoms with Gasteiger partial charge in [0.05, 0.1) is 0 Å². The van der Waals surface area contributed by atoms with E-state index in [-0.39, 0.29) is 11.6 Å². The van der Waals surface area contributed by atoms with Gasteiger partial charge in [0.15, 0.2) is 0 Å². The summed E-state index contributed by atoms with van der Waals surface area (Å²) in [6.45, 7) is 7.43. The lowest BCUT2D eigenvalue weighted by Gasteiger charge is -2.58. The number of aliphatic carboxylic acids is 1. The third-order valence-electron chi connectivity index (χ3n) is 3.43. The maximum absolute atomic E-state index is 11.0. The number of hydrogen-bond donors (Lipinski definition) is 1. The standard InChI is InChI=1S/C11H20N2O2/c1-11(2,3)12-6-4-5-8-7-9(10(14)15)13(8)12/h8-9H,4-7H2,1-3H3,(H,14,15). The molecule has 0 aliphatic carbocycles. The summed E-state index contributed by atoms with van der Waals surface area (Å²) in [5, 5.41) is 13.4. The van der Waals surface area contributed by atoms with E-state index in [0.717, 1.165) is 19.4 Å². The lowest BCUT2D eigenvalue weighted by molar-refractivity contribution is -0.227. The number of hydrazine groups is 1. The molecular formula is C11H20N2O2. The van der Waals surface area contributed by atoms with E-state index in [0.29, 0.717) is 6.04 Å². The summed E-state index contributed by atoms with van der Waals surface area (Å²) in [5.74, 6) is -0.678. The highest BCUT2D eigenvalue weighted by molar-refractivity contribution is 5.74. The van der Waals surface area contributed by atoms with Gasteiger partial charge in [0.25, 0.3) is 0 Å². The zero-order valence-corrected chi connectivity index (χ0v) is 9.73. The average Bonchev–Trinajstić information content (AvgIpc) is 2.03. The monoisotopic (exact) mass is 212 g/mol. The van der Waals surface area contributed by atoms with E-state index in [4.69, 9.17) is 5.11 Å². The van der Waals surface area contributed by atoms with Crippen molar-refractivity contribution in [2.75, 3.05) is 6.54 Å². The molecule has 1 N–H and O–H groups in total. The molecule has 0 aromatic rings. The average molecular weight is 212 g/mol. The van der Waals surface area contributed by atoms with Gasteiger partial charge in [0.2, 0.25) is 0 Å². The van der Waals surface area contributed by atoms with Gasteiger partial charge >= 0.3 is 5.97 Å². The lowest BCUT2D eigenvalue weighted by atomic mass is 9.88. The zero-order valence-electron chi connectivity index (χ0n) is 9.73. The van der Waals surface area contributed by atoms with Crippen LogP contribution in [0.25, 0.3) is 0 Å². The minimum Gasteiger partial charge on any atom is -0.480 e. The van der Waals surface area contributed by atoms with Gasteiger partial charge in [-0.05, 0) is 40.0 Å². The van der Waals surface area contributed by atoms with Gasteiger partial charge in [-0.3, -0.25) is 4.79 Å².